The SMILES string of the molecule is CC(=O)N[C@H]1C(O)O[C@@H]2CO[C@@H](c3cccc([N+](=O)[O-])c3)O[C@H]2[C@@H]1O. The van der Waals surface area contributed by atoms with Crippen LogP contribution in [0, 0.1) is 10.1 Å². The van der Waals surface area contributed by atoms with Gasteiger partial charge < -0.3 is 29.7 Å². The predicted molar refractivity (Wildman–Crippen MR) is 81.2 cm³/mol. The molecule has 2 heterocycles. The third kappa shape index (κ3) is 3.62. The van der Waals surface area contributed by atoms with Gasteiger partial charge in [0.1, 0.15) is 24.4 Å². The molecule has 1 aromatic rings. The van der Waals surface area contributed by atoms with Gasteiger partial charge in [0, 0.05) is 24.6 Å². The van der Waals surface area contributed by atoms with Crippen LogP contribution in [0.3, 0.4) is 0 Å². The summed E-state index contributed by atoms with van der Waals surface area (Å²) in [5, 5.41) is 33.7. The lowest BCUT2D eigenvalue weighted by Gasteiger charge is -2.46. The van der Waals surface area contributed by atoms with E-state index in [4.69, 9.17) is 14.2 Å². The van der Waals surface area contributed by atoms with E-state index in [2.05, 4.69) is 5.32 Å². The van der Waals surface area contributed by atoms with Gasteiger partial charge in [-0.25, -0.2) is 0 Å². The summed E-state index contributed by atoms with van der Waals surface area (Å²) in [5.74, 6) is -0.438. The van der Waals surface area contributed by atoms with E-state index in [0.29, 0.717) is 5.56 Å². The maximum Gasteiger partial charge on any atom is 0.269 e. The highest BCUT2D eigenvalue weighted by Gasteiger charge is 2.49. The lowest BCUT2D eigenvalue weighted by molar-refractivity contribution is -0.385. The number of nitro groups is 1. The Hall–Kier alpha value is -2.11. The van der Waals surface area contributed by atoms with Gasteiger partial charge >= 0.3 is 0 Å². The third-order valence-electron chi connectivity index (χ3n) is 4.11. The van der Waals surface area contributed by atoms with E-state index < -0.39 is 47.8 Å². The maximum atomic E-state index is 11.2. The summed E-state index contributed by atoms with van der Waals surface area (Å²) in [6, 6.07) is 4.72. The van der Waals surface area contributed by atoms with Crippen LogP contribution in [0.2, 0.25) is 0 Å². The number of hydrogen-bond acceptors (Lipinski definition) is 8. The van der Waals surface area contributed by atoms with Gasteiger partial charge in [-0.3, -0.25) is 14.9 Å². The number of non-ortho nitro benzene ring substituents is 1. The van der Waals surface area contributed by atoms with Crippen molar-refractivity contribution in [2.24, 2.45) is 0 Å². The average Bonchev–Trinajstić information content (AvgIpc) is 2.58. The summed E-state index contributed by atoms with van der Waals surface area (Å²) in [5.41, 5.74) is 0.306. The van der Waals surface area contributed by atoms with Crippen molar-refractivity contribution in [2.75, 3.05) is 6.61 Å². The van der Waals surface area contributed by atoms with Crippen LogP contribution in [0.15, 0.2) is 24.3 Å². The molecule has 3 rings (SSSR count). The van der Waals surface area contributed by atoms with Crippen LogP contribution in [0.4, 0.5) is 5.69 Å². The Morgan fingerprint density at radius 1 is 1.36 bits per heavy atom. The van der Waals surface area contributed by atoms with Gasteiger partial charge in [-0.2, -0.15) is 0 Å². The smallest absolute Gasteiger partial charge is 0.269 e. The summed E-state index contributed by atoms with van der Waals surface area (Å²) in [4.78, 5) is 21.6. The molecule has 25 heavy (non-hydrogen) atoms. The Balaban J connectivity index is 1.77. The van der Waals surface area contributed by atoms with Crippen molar-refractivity contribution in [3.63, 3.8) is 0 Å². The average molecular weight is 354 g/mol. The number of nitrogens with one attached hydrogen (secondary N) is 1. The molecule has 2 fully saturated rings. The number of benzene rings is 1. The van der Waals surface area contributed by atoms with Gasteiger partial charge in [0.25, 0.3) is 5.69 Å². The lowest BCUT2D eigenvalue weighted by atomic mass is 9.96. The molecule has 0 aliphatic carbocycles. The monoisotopic (exact) mass is 354 g/mol. The highest BCUT2D eigenvalue weighted by atomic mass is 16.7. The molecular weight excluding hydrogens is 336 g/mol. The second-order valence-electron chi connectivity index (χ2n) is 5.90. The van der Waals surface area contributed by atoms with Crippen LogP contribution < -0.4 is 5.32 Å². The van der Waals surface area contributed by atoms with Gasteiger partial charge in [0.15, 0.2) is 12.6 Å². The number of carbonyl (C=O) groups excluding carboxylic acids is 1. The maximum absolute atomic E-state index is 11.2. The molecule has 10 heteroatoms. The van der Waals surface area contributed by atoms with Crippen molar-refractivity contribution in [3.8, 4) is 0 Å². The normalized spacial score (nSPS) is 34.8. The largest absolute Gasteiger partial charge is 0.388 e. The molecule has 0 radical (unpaired) electrons. The van der Waals surface area contributed by atoms with Crippen LogP contribution in [-0.2, 0) is 19.0 Å². The second kappa shape index (κ2) is 7.02. The van der Waals surface area contributed by atoms with E-state index in [9.17, 15) is 25.1 Å². The van der Waals surface area contributed by atoms with Crippen LogP contribution in [0.25, 0.3) is 0 Å². The molecule has 2 aliphatic rings. The Morgan fingerprint density at radius 3 is 2.80 bits per heavy atom. The van der Waals surface area contributed by atoms with E-state index in [1.54, 1.807) is 6.07 Å². The number of aliphatic hydroxyl groups excluding tert-OH is 2. The zero-order chi connectivity index (χ0) is 18.1. The van der Waals surface area contributed by atoms with Crippen molar-refractivity contribution >= 4 is 11.6 Å². The highest BCUT2D eigenvalue weighted by Crippen LogP contribution is 2.34. The first-order chi connectivity index (χ1) is 11.9. The standard InChI is InChI=1S/C15H18N2O8/c1-7(18)16-11-12(19)13-10(24-14(11)20)6-23-15(25-13)8-3-2-4-9(5-8)17(21)22/h2-5,10-15,19-20H,6H2,1H3,(H,16,18)/t10-,11-,12-,13-,14?,15-/m1/s1. The van der Waals surface area contributed by atoms with Crippen LogP contribution >= 0.6 is 0 Å². The molecular formula is C15H18N2O8. The summed E-state index contributed by atoms with van der Waals surface area (Å²) in [7, 11) is 0. The number of amides is 1. The number of fused-ring (bicyclic) bond motifs is 1. The summed E-state index contributed by atoms with van der Waals surface area (Å²) < 4.78 is 16.5. The number of carbonyl (C=O) groups is 1. The summed E-state index contributed by atoms with van der Waals surface area (Å²) >= 11 is 0. The molecule has 1 unspecified atom stereocenters. The minimum Gasteiger partial charge on any atom is -0.388 e. The lowest BCUT2D eigenvalue weighted by Crippen LogP contribution is -2.66. The van der Waals surface area contributed by atoms with Gasteiger partial charge in [-0.1, -0.05) is 12.1 Å². The molecule has 2 saturated heterocycles. The van der Waals surface area contributed by atoms with E-state index in [1.807, 2.05) is 0 Å². The van der Waals surface area contributed by atoms with Crippen molar-refractivity contribution in [3.05, 3.63) is 39.9 Å². The second-order valence-corrected chi connectivity index (χ2v) is 5.90. The van der Waals surface area contributed by atoms with Gasteiger partial charge in [-0.15, -0.1) is 0 Å². The summed E-state index contributed by atoms with van der Waals surface area (Å²) in [6.45, 7) is 1.27. The van der Waals surface area contributed by atoms with Gasteiger partial charge in [0.05, 0.1) is 11.5 Å². The zero-order valence-electron chi connectivity index (χ0n) is 13.3. The van der Waals surface area contributed by atoms with Crippen molar-refractivity contribution in [1.29, 1.82) is 0 Å². The first-order valence-electron chi connectivity index (χ1n) is 7.67. The van der Waals surface area contributed by atoms with E-state index in [0.717, 1.165) is 0 Å². The minimum atomic E-state index is -1.40. The number of rotatable bonds is 3. The highest BCUT2D eigenvalue weighted by molar-refractivity contribution is 5.73. The minimum absolute atomic E-state index is 0.0128. The van der Waals surface area contributed by atoms with E-state index in [1.165, 1.54) is 25.1 Å². The van der Waals surface area contributed by atoms with Crippen molar-refractivity contribution in [2.45, 2.75) is 43.9 Å². The molecule has 0 spiro atoms. The molecule has 0 saturated carbocycles. The Morgan fingerprint density at radius 2 is 2.12 bits per heavy atom. The fraction of sp³-hybridized carbons (Fsp3) is 0.533. The van der Waals surface area contributed by atoms with Crippen molar-refractivity contribution < 1.29 is 34.1 Å². The Labute approximate surface area is 142 Å². The summed E-state index contributed by atoms with van der Waals surface area (Å²) in [6.07, 6.45) is -5.18. The number of aliphatic hydroxyl groups is 2. The Bertz CT molecular complexity index is 669. The number of ether oxygens (including phenoxy) is 3. The molecule has 0 bridgehead atoms. The number of nitrogens with zero attached hydrogens (tertiary/aromatic N) is 1. The Kier molecular flexibility index (Phi) is 4.97. The van der Waals surface area contributed by atoms with E-state index >= 15 is 0 Å². The number of hydrogen-bond donors (Lipinski definition) is 3. The molecule has 1 aromatic carbocycles. The van der Waals surface area contributed by atoms with E-state index in [-0.39, 0.29) is 12.3 Å². The number of nitro benzene ring substituents is 1. The first kappa shape index (κ1) is 17.7. The molecule has 1 amide bonds. The molecule has 0 aromatic heterocycles. The molecule has 10 nitrogen and oxygen atoms in total. The van der Waals surface area contributed by atoms with Gasteiger partial charge in [0.2, 0.25) is 5.91 Å². The van der Waals surface area contributed by atoms with Gasteiger partial charge in [-0.05, 0) is 0 Å². The van der Waals surface area contributed by atoms with Crippen LogP contribution in [0.1, 0.15) is 18.8 Å². The van der Waals surface area contributed by atoms with Crippen molar-refractivity contribution in [1.82, 2.24) is 5.32 Å². The quantitative estimate of drug-likeness (QED) is 0.491. The fourth-order valence-corrected chi connectivity index (χ4v) is 2.95. The molecule has 2 aliphatic heterocycles. The van der Waals surface area contributed by atoms with Crippen LogP contribution in [0.5, 0.6) is 0 Å². The first-order valence-corrected chi connectivity index (χ1v) is 7.67. The molecule has 3 N–H and O–H groups in total. The topological polar surface area (TPSA) is 140 Å². The fourth-order valence-electron chi connectivity index (χ4n) is 2.95. The predicted octanol–water partition coefficient (Wildman–Crippen LogP) is -0.408. The van der Waals surface area contributed by atoms with Crippen LogP contribution in [-0.4, -0.2) is 58.3 Å². The zero-order valence-corrected chi connectivity index (χ0v) is 13.3. The molecule has 136 valence electrons. The third-order valence-corrected chi connectivity index (χ3v) is 4.11. The molecule has 6 atom stereocenters.